The van der Waals surface area contributed by atoms with Crippen LogP contribution in [0.15, 0.2) is 0 Å². The van der Waals surface area contributed by atoms with Crippen molar-refractivity contribution in [2.75, 3.05) is 6.61 Å². The van der Waals surface area contributed by atoms with Crippen LogP contribution in [-0.2, 0) is 9.47 Å². The van der Waals surface area contributed by atoms with Crippen molar-refractivity contribution in [2.45, 2.75) is 88.1 Å². The zero-order valence-corrected chi connectivity index (χ0v) is 11.4. The van der Waals surface area contributed by atoms with E-state index in [1.54, 1.807) is 0 Å². The smallest absolute Gasteiger partial charge is 0.0817 e. The van der Waals surface area contributed by atoms with Crippen LogP contribution in [0.3, 0.4) is 0 Å². The summed E-state index contributed by atoms with van der Waals surface area (Å²) in [5.74, 6) is 0. The molecule has 0 bridgehead atoms. The molecule has 3 heteroatoms. The average molecular weight is 253 g/mol. The highest BCUT2D eigenvalue weighted by Gasteiger charge is 2.42. The minimum Gasteiger partial charge on any atom is -0.375 e. The normalized spacial score (nSPS) is 39.5. The first kappa shape index (κ1) is 12.9. The van der Waals surface area contributed by atoms with Gasteiger partial charge in [-0.05, 0) is 51.4 Å². The molecule has 1 heterocycles. The fourth-order valence-corrected chi connectivity index (χ4v) is 3.98. The largest absolute Gasteiger partial charge is 0.375 e. The lowest BCUT2D eigenvalue weighted by Crippen LogP contribution is -2.34. The third-order valence-corrected chi connectivity index (χ3v) is 5.04. The van der Waals surface area contributed by atoms with E-state index in [1.807, 2.05) is 0 Å². The van der Waals surface area contributed by atoms with E-state index in [4.69, 9.17) is 15.2 Å². The average Bonchev–Trinajstić information content (AvgIpc) is 2.98. The van der Waals surface area contributed by atoms with Gasteiger partial charge in [-0.25, -0.2) is 0 Å². The molecule has 2 aliphatic carbocycles. The molecule has 18 heavy (non-hydrogen) atoms. The molecular weight excluding hydrogens is 226 g/mol. The number of rotatable bonds is 3. The lowest BCUT2D eigenvalue weighted by Gasteiger charge is -2.28. The second kappa shape index (κ2) is 5.48. The molecule has 3 unspecified atom stereocenters. The van der Waals surface area contributed by atoms with Crippen LogP contribution in [-0.4, -0.2) is 30.5 Å². The summed E-state index contributed by atoms with van der Waals surface area (Å²) in [7, 11) is 0. The molecule has 2 N–H and O–H groups in total. The maximum Gasteiger partial charge on any atom is 0.0817 e. The van der Waals surface area contributed by atoms with Crippen molar-refractivity contribution in [1.82, 2.24) is 0 Å². The molecule has 0 aromatic carbocycles. The Morgan fingerprint density at radius 1 is 1.06 bits per heavy atom. The van der Waals surface area contributed by atoms with E-state index >= 15 is 0 Å². The van der Waals surface area contributed by atoms with Crippen molar-refractivity contribution in [1.29, 1.82) is 0 Å². The van der Waals surface area contributed by atoms with Crippen molar-refractivity contribution in [3.63, 3.8) is 0 Å². The fraction of sp³-hybridized carbons (Fsp3) is 1.00. The highest BCUT2D eigenvalue weighted by atomic mass is 16.6. The molecule has 3 fully saturated rings. The second-order valence-electron chi connectivity index (χ2n) is 6.55. The third-order valence-electron chi connectivity index (χ3n) is 5.04. The van der Waals surface area contributed by atoms with Gasteiger partial charge in [0.05, 0.1) is 24.4 Å². The quantitative estimate of drug-likeness (QED) is 0.841. The van der Waals surface area contributed by atoms with Gasteiger partial charge in [0, 0.05) is 6.04 Å². The lowest BCUT2D eigenvalue weighted by atomic mass is 9.93. The third kappa shape index (κ3) is 2.89. The Morgan fingerprint density at radius 3 is 2.67 bits per heavy atom. The summed E-state index contributed by atoms with van der Waals surface area (Å²) in [6.07, 6.45) is 13.1. The van der Waals surface area contributed by atoms with Gasteiger partial charge >= 0.3 is 0 Å². The molecule has 0 amide bonds. The number of hydrogen-bond acceptors (Lipinski definition) is 3. The Kier molecular flexibility index (Phi) is 3.92. The first-order valence-corrected chi connectivity index (χ1v) is 7.81. The van der Waals surface area contributed by atoms with Gasteiger partial charge in [-0.1, -0.05) is 12.8 Å². The van der Waals surface area contributed by atoms with Gasteiger partial charge in [0.1, 0.15) is 0 Å². The molecule has 3 nitrogen and oxygen atoms in total. The van der Waals surface area contributed by atoms with Gasteiger partial charge in [0.2, 0.25) is 0 Å². The summed E-state index contributed by atoms with van der Waals surface area (Å²) in [5, 5.41) is 0. The number of nitrogens with two attached hydrogens (primary N) is 1. The molecule has 1 saturated heterocycles. The molecule has 3 aliphatic rings. The predicted molar refractivity (Wildman–Crippen MR) is 71.5 cm³/mol. The molecule has 0 aromatic heterocycles. The van der Waals surface area contributed by atoms with Gasteiger partial charge in [-0.2, -0.15) is 0 Å². The van der Waals surface area contributed by atoms with Crippen molar-refractivity contribution in [3.8, 4) is 0 Å². The standard InChI is InChI=1S/C15H27NO2/c16-12-4-3-5-13(10-12)17-11-14-6-9-15(18-14)7-1-2-8-15/h12-14H,1-11,16H2. The lowest BCUT2D eigenvalue weighted by molar-refractivity contribution is -0.0872. The van der Waals surface area contributed by atoms with E-state index in [-0.39, 0.29) is 5.60 Å². The SMILES string of the molecule is NC1CCCC(OCC2CCC3(CCCC3)O2)C1. The maximum absolute atomic E-state index is 6.27. The van der Waals surface area contributed by atoms with Crippen LogP contribution in [0.1, 0.15) is 64.2 Å². The molecule has 0 radical (unpaired) electrons. The monoisotopic (exact) mass is 253 g/mol. The van der Waals surface area contributed by atoms with Crippen molar-refractivity contribution >= 4 is 0 Å². The van der Waals surface area contributed by atoms with E-state index in [1.165, 1.54) is 57.8 Å². The molecule has 1 spiro atoms. The van der Waals surface area contributed by atoms with Crippen LogP contribution in [0, 0.1) is 0 Å². The molecule has 0 aromatic rings. The minimum absolute atomic E-state index is 0.247. The Labute approximate surface area is 110 Å². The van der Waals surface area contributed by atoms with Gasteiger partial charge in [0.15, 0.2) is 0 Å². The van der Waals surface area contributed by atoms with E-state index in [2.05, 4.69) is 0 Å². The Morgan fingerprint density at radius 2 is 1.89 bits per heavy atom. The summed E-state index contributed by atoms with van der Waals surface area (Å²) in [5.41, 5.74) is 6.24. The molecular formula is C15H27NO2. The highest BCUT2D eigenvalue weighted by Crippen LogP contribution is 2.43. The summed E-state index contributed by atoms with van der Waals surface area (Å²) in [6.45, 7) is 0.791. The zero-order valence-electron chi connectivity index (χ0n) is 11.4. The predicted octanol–water partition coefficient (Wildman–Crippen LogP) is 2.76. The maximum atomic E-state index is 6.27. The second-order valence-corrected chi connectivity index (χ2v) is 6.55. The first-order valence-electron chi connectivity index (χ1n) is 7.81. The Hall–Kier alpha value is -0.120. The van der Waals surface area contributed by atoms with Crippen LogP contribution in [0.4, 0.5) is 0 Å². The number of ether oxygens (including phenoxy) is 2. The van der Waals surface area contributed by atoms with Crippen molar-refractivity contribution in [3.05, 3.63) is 0 Å². The van der Waals surface area contributed by atoms with E-state index in [0.29, 0.717) is 18.2 Å². The molecule has 3 atom stereocenters. The Bertz CT molecular complexity index is 276. The summed E-state index contributed by atoms with van der Waals surface area (Å²) < 4.78 is 12.3. The summed E-state index contributed by atoms with van der Waals surface area (Å²) >= 11 is 0. The van der Waals surface area contributed by atoms with Gasteiger partial charge in [-0.15, -0.1) is 0 Å². The van der Waals surface area contributed by atoms with Crippen LogP contribution >= 0.6 is 0 Å². The van der Waals surface area contributed by atoms with Crippen LogP contribution < -0.4 is 5.73 Å². The van der Waals surface area contributed by atoms with E-state index < -0.39 is 0 Å². The fourth-order valence-electron chi connectivity index (χ4n) is 3.98. The summed E-state index contributed by atoms with van der Waals surface area (Å²) in [4.78, 5) is 0. The van der Waals surface area contributed by atoms with Crippen molar-refractivity contribution < 1.29 is 9.47 Å². The topological polar surface area (TPSA) is 44.5 Å². The zero-order chi connectivity index (χ0) is 12.4. The van der Waals surface area contributed by atoms with Crippen LogP contribution in [0.2, 0.25) is 0 Å². The Balaban J connectivity index is 1.41. The molecule has 1 aliphatic heterocycles. The van der Waals surface area contributed by atoms with E-state index in [9.17, 15) is 0 Å². The van der Waals surface area contributed by atoms with Gasteiger partial charge in [-0.3, -0.25) is 0 Å². The van der Waals surface area contributed by atoms with Gasteiger partial charge in [0.25, 0.3) is 0 Å². The molecule has 2 saturated carbocycles. The highest BCUT2D eigenvalue weighted by molar-refractivity contribution is 4.92. The van der Waals surface area contributed by atoms with Crippen LogP contribution in [0.5, 0.6) is 0 Å². The van der Waals surface area contributed by atoms with Crippen LogP contribution in [0.25, 0.3) is 0 Å². The first-order chi connectivity index (χ1) is 8.76. The minimum atomic E-state index is 0.247. The molecule has 3 rings (SSSR count). The van der Waals surface area contributed by atoms with E-state index in [0.717, 1.165) is 13.0 Å². The summed E-state index contributed by atoms with van der Waals surface area (Å²) in [6, 6.07) is 0.356. The van der Waals surface area contributed by atoms with Gasteiger partial charge < -0.3 is 15.2 Å². The number of hydrogen-bond donors (Lipinski definition) is 1. The van der Waals surface area contributed by atoms with Crippen molar-refractivity contribution in [2.24, 2.45) is 5.73 Å². The molecule has 104 valence electrons.